The van der Waals surface area contributed by atoms with Crippen LogP contribution in [-0.4, -0.2) is 17.5 Å². The first-order chi connectivity index (χ1) is 12.5. The fourth-order valence-corrected chi connectivity index (χ4v) is 5.45. The van der Waals surface area contributed by atoms with Crippen molar-refractivity contribution in [1.82, 2.24) is 5.43 Å². The number of carbonyl (C=O) groups excluding carboxylic acids is 2. The molecule has 0 saturated heterocycles. The van der Waals surface area contributed by atoms with Gasteiger partial charge in [0.05, 0.1) is 14.2 Å². The monoisotopic (exact) mass is 453 g/mol. The minimum Gasteiger partial charge on any atom is -0.312 e. The highest BCUT2D eigenvalue weighted by Gasteiger charge is 2.26. The Hall–Kier alpha value is -1.51. The molecule has 0 atom stereocenters. The standard InChI is InChI=1S/C18H20BrN3O2S2/c1-10(2)21-22-17(24)15-11-6-4-3-5-7-12(11)26-18(15)20-16(23)13-8-9-14(19)25-13/h8-9H,3-7H2,1-2H3,(H,20,23)(H,22,24). The summed E-state index contributed by atoms with van der Waals surface area (Å²) in [6, 6.07) is 3.61. The molecular weight excluding hydrogens is 434 g/mol. The lowest BCUT2D eigenvalue weighted by molar-refractivity contribution is 0.0955. The zero-order valence-corrected chi connectivity index (χ0v) is 17.9. The van der Waals surface area contributed by atoms with Crippen LogP contribution >= 0.6 is 38.6 Å². The molecule has 8 heteroatoms. The van der Waals surface area contributed by atoms with E-state index in [1.807, 2.05) is 19.9 Å². The molecule has 2 heterocycles. The molecule has 0 aromatic carbocycles. The van der Waals surface area contributed by atoms with Crippen molar-refractivity contribution < 1.29 is 9.59 Å². The zero-order chi connectivity index (χ0) is 18.7. The Balaban J connectivity index is 1.94. The average Bonchev–Trinajstić information content (AvgIpc) is 3.09. The van der Waals surface area contributed by atoms with Crippen LogP contribution in [0.3, 0.4) is 0 Å². The average molecular weight is 454 g/mol. The van der Waals surface area contributed by atoms with E-state index in [1.54, 1.807) is 6.07 Å². The molecule has 1 aliphatic rings. The van der Waals surface area contributed by atoms with Crippen molar-refractivity contribution in [2.75, 3.05) is 5.32 Å². The van der Waals surface area contributed by atoms with Crippen molar-refractivity contribution in [2.24, 2.45) is 5.10 Å². The van der Waals surface area contributed by atoms with Gasteiger partial charge in [0.1, 0.15) is 5.00 Å². The normalized spacial score (nSPS) is 13.5. The molecule has 0 aliphatic heterocycles. The third-order valence-corrected chi connectivity index (χ3v) is 6.88. The third-order valence-electron chi connectivity index (χ3n) is 4.05. The van der Waals surface area contributed by atoms with Gasteiger partial charge in [0.2, 0.25) is 0 Å². The predicted molar refractivity (Wildman–Crippen MR) is 112 cm³/mol. The van der Waals surface area contributed by atoms with E-state index in [4.69, 9.17) is 0 Å². The largest absolute Gasteiger partial charge is 0.312 e. The molecule has 0 fully saturated rings. The van der Waals surface area contributed by atoms with Crippen LogP contribution in [0.5, 0.6) is 0 Å². The van der Waals surface area contributed by atoms with Gasteiger partial charge in [-0.05, 0) is 73.2 Å². The van der Waals surface area contributed by atoms with Gasteiger partial charge >= 0.3 is 0 Å². The molecule has 0 spiro atoms. The minimum atomic E-state index is -0.256. The number of rotatable bonds is 4. The number of hydrogen-bond acceptors (Lipinski definition) is 5. The first kappa shape index (κ1) is 19.3. The molecular formula is C18H20BrN3O2S2. The number of thiophene rings is 2. The maximum Gasteiger partial charge on any atom is 0.274 e. The molecule has 0 saturated carbocycles. The molecule has 0 unspecified atom stereocenters. The summed E-state index contributed by atoms with van der Waals surface area (Å²) in [5.74, 6) is -0.449. The van der Waals surface area contributed by atoms with Crippen molar-refractivity contribution in [3.05, 3.63) is 36.8 Å². The summed E-state index contributed by atoms with van der Waals surface area (Å²) in [6.07, 6.45) is 5.16. The van der Waals surface area contributed by atoms with E-state index >= 15 is 0 Å². The Morgan fingerprint density at radius 3 is 2.54 bits per heavy atom. The maximum atomic E-state index is 12.8. The van der Waals surface area contributed by atoms with Crippen LogP contribution in [0, 0.1) is 0 Å². The molecule has 26 heavy (non-hydrogen) atoms. The van der Waals surface area contributed by atoms with Crippen molar-refractivity contribution in [3.63, 3.8) is 0 Å². The van der Waals surface area contributed by atoms with E-state index in [2.05, 4.69) is 31.8 Å². The molecule has 2 amide bonds. The number of hydrogen-bond donors (Lipinski definition) is 2. The summed E-state index contributed by atoms with van der Waals surface area (Å²) in [6.45, 7) is 3.65. The molecule has 2 aromatic heterocycles. The molecule has 3 rings (SSSR count). The Kier molecular flexibility index (Phi) is 6.26. The summed E-state index contributed by atoms with van der Waals surface area (Å²) >= 11 is 6.26. The van der Waals surface area contributed by atoms with Crippen molar-refractivity contribution in [1.29, 1.82) is 0 Å². The highest BCUT2D eigenvalue weighted by Crippen LogP contribution is 2.38. The number of nitrogens with one attached hydrogen (secondary N) is 2. The number of aryl methyl sites for hydroxylation is 1. The van der Waals surface area contributed by atoms with E-state index in [1.165, 1.54) is 34.0 Å². The minimum absolute atomic E-state index is 0.193. The smallest absolute Gasteiger partial charge is 0.274 e. The van der Waals surface area contributed by atoms with Crippen molar-refractivity contribution >= 4 is 61.1 Å². The SMILES string of the molecule is CC(C)=NNC(=O)c1c(NC(=O)c2ccc(Br)s2)sc2c1CCCCC2. The van der Waals surface area contributed by atoms with Crippen LogP contribution in [0.4, 0.5) is 5.00 Å². The summed E-state index contributed by atoms with van der Waals surface area (Å²) in [5, 5.41) is 7.60. The van der Waals surface area contributed by atoms with E-state index < -0.39 is 0 Å². The molecule has 2 N–H and O–H groups in total. The topological polar surface area (TPSA) is 70.6 Å². The number of nitrogens with zero attached hydrogens (tertiary/aromatic N) is 1. The summed E-state index contributed by atoms with van der Waals surface area (Å²) in [5.41, 5.74) is 5.02. The molecule has 5 nitrogen and oxygen atoms in total. The van der Waals surface area contributed by atoms with Gasteiger partial charge in [0.25, 0.3) is 11.8 Å². The van der Waals surface area contributed by atoms with E-state index in [0.717, 1.165) is 40.7 Å². The van der Waals surface area contributed by atoms with Crippen molar-refractivity contribution in [2.45, 2.75) is 46.0 Å². The lowest BCUT2D eigenvalue weighted by Crippen LogP contribution is -2.22. The van der Waals surface area contributed by atoms with Crippen LogP contribution in [-0.2, 0) is 12.8 Å². The van der Waals surface area contributed by atoms with E-state index in [-0.39, 0.29) is 11.8 Å². The molecule has 138 valence electrons. The first-order valence-electron chi connectivity index (χ1n) is 8.48. The van der Waals surface area contributed by atoms with E-state index in [0.29, 0.717) is 15.4 Å². The van der Waals surface area contributed by atoms with Gasteiger partial charge in [-0.15, -0.1) is 22.7 Å². The quantitative estimate of drug-likeness (QED) is 0.378. The van der Waals surface area contributed by atoms with Crippen LogP contribution in [0.15, 0.2) is 21.0 Å². The third kappa shape index (κ3) is 4.42. The van der Waals surface area contributed by atoms with Crippen molar-refractivity contribution in [3.8, 4) is 0 Å². The fraction of sp³-hybridized carbons (Fsp3) is 0.389. The summed E-state index contributed by atoms with van der Waals surface area (Å²) in [4.78, 5) is 27.2. The van der Waals surface area contributed by atoms with Crippen LogP contribution in [0.25, 0.3) is 0 Å². The second kappa shape index (κ2) is 8.45. The van der Waals surface area contributed by atoms with Crippen LogP contribution < -0.4 is 10.7 Å². The first-order valence-corrected chi connectivity index (χ1v) is 10.9. The number of fused-ring (bicyclic) bond motifs is 1. The van der Waals surface area contributed by atoms with Crippen LogP contribution in [0.2, 0.25) is 0 Å². The van der Waals surface area contributed by atoms with Gasteiger partial charge in [0.15, 0.2) is 0 Å². The number of halogens is 1. The molecule has 0 radical (unpaired) electrons. The van der Waals surface area contributed by atoms with Crippen LogP contribution in [0.1, 0.15) is 63.6 Å². The second-order valence-corrected chi connectivity index (χ2v) is 9.89. The highest BCUT2D eigenvalue weighted by atomic mass is 79.9. The van der Waals surface area contributed by atoms with E-state index in [9.17, 15) is 9.59 Å². The summed E-state index contributed by atoms with van der Waals surface area (Å²) in [7, 11) is 0. The maximum absolute atomic E-state index is 12.8. The van der Waals surface area contributed by atoms with Gasteiger partial charge in [-0.1, -0.05) is 6.42 Å². The van der Waals surface area contributed by atoms with Gasteiger partial charge in [-0.2, -0.15) is 5.10 Å². The number of anilines is 1. The predicted octanol–water partition coefficient (Wildman–Crippen LogP) is 5.22. The molecule has 0 bridgehead atoms. The summed E-state index contributed by atoms with van der Waals surface area (Å²) < 4.78 is 0.898. The lowest BCUT2D eigenvalue weighted by atomic mass is 10.1. The van der Waals surface area contributed by atoms with Gasteiger partial charge in [-0.25, -0.2) is 5.43 Å². The molecule has 2 aromatic rings. The van der Waals surface area contributed by atoms with Gasteiger partial charge in [0, 0.05) is 10.6 Å². The highest BCUT2D eigenvalue weighted by molar-refractivity contribution is 9.11. The Labute approximate surface area is 169 Å². The Morgan fingerprint density at radius 2 is 1.85 bits per heavy atom. The van der Waals surface area contributed by atoms with Gasteiger partial charge < -0.3 is 5.32 Å². The Bertz CT molecular complexity index is 866. The molecule has 1 aliphatic carbocycles. The number of amides is 2. The fourth-order valence-electron chi connectivity index (χ4n) is 2.89. The number of hydrazone groups is 1. The second-order valence-electron chi connectivity index (χ2n) is 6.33. The zero-order valence-electron chi connectivity index (χ0n) is 14.6. The van der Waals surface area contributed by atoms with Gasteiger partial charge in [-0.3, -0.25) is 9.59 Å². The number of carbonyl (C=O) groups is 2. The lowest BCUT2D eigenvalue weighted by Gasteiger charge is -2.07. The Morgan fingerprint density at radius 1 is 1.08 bits per heavy atom.